The largest absolute Gasteiger partial charge is 0.478 e. The highest BCUT2D eigenvalue weighted by Gasteiger charge is 2.17. The number of rotatable bonds is 7. The first-order valence-corrected chi connectivity index (χ1v) is 12.2. The molecule has 4 aromatic rings. The van der Waals surface area contributed by atoms with E-state index >= 15 is 0 Å². The minimum atomic E-state index is -1.05. The van der Waals surface area contributed by atoms with Crippen LogP contribution >= 0.6 is 35.0 Å². The summed E-state index contributed by atoms with van der Waals surface area (Å²) in [7, 11) is 0. The Morgan fingerprint density at radius 1 is 1.12 bits per heavy atom. The Balaban J connectivity index is 1.55. The van der Waals surface area contributed by atoms with Crippen molar-refractivity contribution in [2.75, 3.05) is 18.1 Å². The molecule has 2 N–H and O–H groups in total. The first kappa shape index (κ1) is 23.4. The number of thioether (sulfide) groups is 1. The smallest absolute Gasteiger partial charge is 0.338 e. The molecule has 0 radical (unpaired) electrons. The molecule has 0 amide bonds. The van der Waals surface area contributed by atoms with E-state index in [9.17, 15) is 9.90 Å². The lowest BCUT2D eigenvalue weighted by Gasteiger charge is -2.12. The molecule has 0 spiro atoms. The first-order chi connectivity index (χ1) is 15.8. The molecule has 0 aliphatic heterocycles. The van der Waals surface area contributed by atoms with Crippen molar-refractivity contribution in [2.24, 2.45) is 0 Å². The van der Waals surface area contributed by atoms with Crippen molar-refractivity contribution >= 4 is 57.7 Å². The van der Waals surface area contributed by atoms with Crippen LogP contribution in [0.15, 0.2) is 47.6 Å². The maximum Gasteiger partial charge on any atom is 0.338 e. The maximum absolute atomic E-state index is 11.5. The van der Waals surface area contributed by atoms with Gasteiger partial charge in [-0.1, -0.05) is 29.3 Å². The number of halogens is 2. The van der Waals surface area contributed by atoms with Gasteiger partial charge in [0, 0.05) is 40.7 Å². The van der Waals surface area contributed by atoms with Crippen LogP contribution in [0.25, 0.3) is 22.2 Å². The van der Waals surface area contributed by atoms with Crippen LogP contribution in [0.3, 0.4) is 0 Å². The monoisotopic (exact) mass is 500 g/mol. The van der Waals surface area contributed by atoms with Gasteiger partial charge < -0.3 is 15.0 Å². The number of hydrogen-bond donors (Lipinski definition) is 2. The van der Waals surface area contributed by atoms with Crippen molar-refractivity contribution in [1.82, 2.24) is 14.5 Å². The molecule has 2 aromatic heterocycles. The fourth-order valence-corrected chi connectivity index (χ4v) is 5.16. The summed E-state index contributed by atoms with van der Waals surface area (Å²) in [5.74, 6) is -0.385. The zero-order valence-electron chi connectivity index (χ0n) is 18.3. The number of carbonyl (C=O) groups is 1. The molecular formula is C24H22Cl2N4O2S. The zero-order valence-corrected chi connectivity index (χ0v) is 20.6. The van der Waals surface area contributed by atoms with Crippen LogP contribution in [-0.4, -0.2) is 38.4 Å². The van der Waals surface area contributed by atoms with Crippen LogP contribution in [0, 0.1) is 13.8 Å². The number of carboxylic acids is 1. The van der Waals surface area contributed by atoms with Crippen LogP contribution in [0.2, 0.25) is 10.0 Å². The first-order valence-electron chi connectivity index (χ1n) is 10.2. The van der Waals surface area contributed by atoms with E-state index in [0.717, 1.165) is 27.2 Å². The summed E-state index contributed by atoms with van der Waals surface area (Å²) in [6, 6.07) is 11.4. The van der Waals surface area contributed by atoms with E-state index in [-0.39, 0.29) is 10.6 Å². The number of aryl methyl sites for hydroxylation is 2. The van der Waals surface area contributed by atoms with Crippen molar-refractivity contribution in [3.63, 3.8) is 0 Å². The van der Waals surface area contributed by atoms with Gasteiger partial charge in [0.15, 0.2) is 0 Å². The van der Waals surface area contributed by atoms with Crippen LogP contribution < -0.4 is 5.32 Å². The molecule has 0 saturated heterocycles. The molecule has 0 aliphatic carbocycles. The molecule has 6 nitrogen and oxygen atoms in total. The van der Waals surface area contributed by atoms with Gasteiger partial charge in [0.2, 0.25) is 0 Å². The Labute approximate surface area is 206 Å². The van der Waals surface area contributed by atoms with Gasteiger partial charge in [-0.15, -0.1) is 11.8 Å². The van der Waals surface area contributed by atoms with Crippen LogP contribution in [0.4, 0.5) is 5.82 Å². The van der Waals surface area contributed by atoms with Gasteiger partial charge in [-0.2, -0.15) is 0 Å². The molecule has 0 fully saturated rings. The molecule has 2 heterocycles. The predicted octanol–water partition coefficient (Wildman–Crippen LogP) is 6.55. The number of hydrogen-bond acceptors (Lipinski definition) is 5. The molecule has 9 heteroatoms. The second-order valence-electron chi connectivity index (χ2n) is 7.62. The molecule has 33 heavy (non-hydrogen) atoms. The number of aromatic carboxylic acids is 1. The van der Waals surface area contributed by atoms with Crippen molar-refractivity contribution in [3.05, 3.63) is 69.6 Å². The zero-order chi connectivity index (χ0) is 23.7. The summed E-state index contributed by atoms with van der Waals surface area (Å²) < 4.78 is 2.20. The van der Waals surface area contributed by atoms with Crippen molar-refractivity contribution in [3.8, 4) is 11.3 Å². The predicted molar refractivity (Wildman–Crippen MR) is 136 cm³/mol. The SMILES string of the molecule is CSc1cc(-c2cc(NCCn3c(C)cc4c(C)ccc(Cl)c43)ncn2)cc(Cl)c1C(=O)O. The number of nitrogens with zero attached hydrogens (tertiary/aromatic N) is 3. The summed E-state index contributed by atoms with van der Waals surface area (Å²) >= 11 is 14.1. The Kier molecular flexibility index (Phi) is 6.83. The average Bonchev–Trinajstić information content (AvgIpc) is 3.13. The third-order valence-electron chi connectivity index (χ3n) is 5.53. The lowest BCUT2D eigenvalue weighted by atomic mass is 10.1. The normalized spacial score (nSPS) is 11.2. The second kappa shape index (κ2) is 9.63. The summed E-state index contributed by atoms with van der Waals surface area (Å²) in [4.78, 5) is 20.8. The number of carboxylic acid groups (broad SMARTS) is 1. The van der Waals surface area contributed by atoms with Gasteiger partial charge in [-0.05, 0) is 49.9 Å². The highest BCUT2D eigenvalue weighted by atomic mass is 35.5. The number of fused-ring (bicyclic) bond motifs is 1. The third kappa shape index (κ3) is 4.67. The molecule has 0 atom stereocenters. The minimum Gasteiger partial charge on any atom is -0.478 e. The molecule has 0 aliphatic rings. The Hall–Kier alpha value is -2.74. The van der Waals surface area contributed by atoms with Crippen LogP contribution in [0.5, 0.6) is 0 Å². The van der Waals surface area contributed by atoms with E-state index in [4.69, 9.17) is 23.2 Å². The highest BCUT2D eigenvalue weighted by molar-refractivity contribution is 7.98. The fourth-order valence-electron chi connectivity index (χ4n) is 3.90. The summed E-state index contributed by atoms with van der Waals surface area (Å²) in [5, 5.41) is 14.9. The van der Waals surface area contributed by atoms with Crippen LogP contribution in [-0.2, 0) is 6.54 Å². The topological polar surface area (TPSA) is 80.0 Å². The van der Waals surface area contributed by atoms with Gasteiger partial charge in [0.05, 0.1) is 26.8 Å². The third-order valence-corrected chi connectivity index (χ3v) is 6.89. The van der Waals surface area contributed by atoms with Crippen LogP contribution in [0.1, 0.15) is 21.6 Å². The lowest BCUT2D eigenvalue weighted by molar-refractivity contribution is 0.0693. The standard InChI is InChI=1S/C24H22Cl2N4O2S/c1-13-4-5-17(25)23-16(13)8-14(2)30(23)7-6-27-21-11-19(28-12-29-21)15-9-18(26)22(24(31)32)20(10-15)33-3/h4-5,8-12H,6-7H2,1-3H3,(H,31,32)(H,27,28,29). The molecule has 0 saturated carbocycles. The van der Waals surface area contributed by atoms with Gasteiger partial charge in [0.1, 0.15) is 12.1 Å². The molecular weight excluding hydrogens is 479 g/mol. The molecule has 0 bridgehead atoms. The number of nitrogens with one attached hydrogen (secondary N) is 1. The molecule has 2 aromatic carbocycles. The second-order valence-corrected chi connectivity index (χ2v) is 9.28. The molecule has 4 rings (SSSR count). The molecule has 0 unspecified atom stereocenters. The minimum absolute atomic E-state index is 0.100. The number of benzene rings is 2. The van der Waals surface area contributed by atoms with Crippen molar-refractivity contribution in [1.29, 1.82) is 0 Å². The Bertz CT molecular complexity index is 1370. The summed E-state index contributed by atoms with van der Waals surface area (Å²) in [5.41, 5.74) is 4.86. The number of anilines is 1. The van der Waals surface area contributed by atoms with E-state index in [0.29, 0.717) is 29.5 Å². The van der Waals surface area contributed by atoms with Crippen molar-refractivity contribution < 1.29 is 9.90 Å². The Morgan fingerprint density at radius 3 is 2.64 bits per heavy atom. The Morgan fingerprint density at radius 2 is 1.91 bits per heavy atom. The fraction of sp³-hybridized carbons (Fsp3) is 0.208. The average molecular weight is 501 g/mol. The van der Waals surface area contributed by atoms with E-state index in [1.807, 2.05) is 24.5 Å². The summed E-state index contributed by atoms with van der Waals surface area (Å²) in [6.45, 7) is 5.51. The summed E-state index contributed by atoms with van der Waals surface area (Å²) in [6.07, 6.45) is 3.29. The van der Waals surface area contributed by atoms with E-state index < -0.39 is 5.97 Å². The maximum atomic E-state index is 11.5. The van der Waals surface area contributed by atoms with Gasteiger partial charge >= 0.3 is 5.97 Å². The van der Waals surface area contributed by atoms with Gasteiger partial charge in [-0.25, -0.2) is 14.8 Å². The van der Waals surface area contributed by atoms with E-state index in [1.54, 1.807) is 12.1 Å². The highest BCUT2D eigenvalue weighted by Crippen LogP contribution is 2.33. The van der Waals surface area contributed by atoms with E-state index in [1.165, 1.54) is 23.7 Å². The van der Waals surface area contributed by atoms with Crippen molar-refractivity contribution in [2.45, 2.75) is 25.3 Å². The number of aromatic nitrogens is 3. The lowest BCUT2D eigenvalue weighted by Crippen LogP contribution is -2.12. The molecule has 170 valence electrons. The quantitative estimate of drug-likeness (QED) is 0.280. The van der Waals surface area contributed by atoms with Gasteiger partial charge in [-0.3, -0.25) is 0 Å². The van der Waals surface area contributed by atoms with E-state index in [2.05, 4.69) is 39.8 Å². The van der Waals surface area contributed by atoms with Gasteiger partial charge in [0.25, 0.3) is 0 Å².